The third-order valence-corrected chi connectivity index (χ3v) is 8.43. The number of amides is 1. The molecule has 1 amide bonds. The second kappa shape index (κ2) is 10.0. The summed E-state index contributed by atoms with van der Waals surface area (Å²) in [5, 5.41) is 0. The van der Waals surface area contributed by atoms with Crippen LogP contribution in [0.3, 0.4) is 0 Å². The molecule has 0 saturated carbocycles. The molecule has 0 aliphatic carbocycles. The maximum absolute atomic E-state index is 13.2. The summed E-state index contributed by atoms with van der Waals surface area (Å²) in [6.07, 6.45) is 6.55. The highest BCUT2D eigenvalue weighted by molar-refractivity contribution is 7.89. The van der Waals surface area contributed by atoms with E-state index in [0.717, 1.165) is 37.9 Å². The molecule has 7 heteroatoms. The van der Waals surface area contributed by atoms with Gasteiger partial charge in [-0.15, -0.1) is 0 Å². The van der Waals surface area contributed by atoms with Crippen LogP contribution in [-0.4, -0.2) is 56.8 Å². The first-order chi connectivity index (χ1) is 15.5. The third-order valence-electron chi connectivity index (χ3n) is 6.47. The van der Waals surface area contributed by atoms with Crippen LogP contribution in [0.25, 0.3) is 0 Å². The van der Waals surface area contributed by atoms with E-state index in [1.165, 1.54) is 29.3 Å². The van der Waals surface area contributed by atoms with Crippen LogP contribution in [0.1, 0.15) is 54.4 Å². The number of rotatable bonds is 6. The van der Waals surface area contributed by atoms with E-state index in [4.69, 9.17) is 0 Å². The molecular formula is C25H33N3O3S. The van der Waals surface area contributed by atoms with Crippen molar-refractivity contribution in [2.24, 2.45) is 0 Å². The Labute approximate surface area is 191 Å². The van der Waals surface area contributed by atoms with Gasteiger partial charge in [0, 0.05) is 45.5 Å². The minimum Gasteiger partial charge on any atom is -0.372 e. The topological polar surface area (TPSA) is 60.9 Å². The van der Waals surface area contributed by atoms with Crippen molar-refractivity contribution in [2.45, 2.75) is 50.0 Å². The first-order valence-corrected chi connectivity index (χ1v) is 13.1. The first kappa shape index (κ1) is 22.8. The fourth-order valence-electron chi connectivity index (χ4n) is 4.63. The van der Waals surface area contributed by atoms with Crippen LogP contribution >= 0.6 is 0 Å². The quantitative estimate of drug-likeness (QED) is 0.657. The molecule has 2 fully saturated rings. The van der Waals surface area contributed by atoms with Crippen molar-refractivity contribution in [1.29, 1.82) is 0 Å². The highest BCUT2D eigenvalue weighted by Gasteiger charge is 2.30. The van der Waals surface area contributed by atoms with Crippen LogP contribution < -0.4 is 4.90 Å². The van der Waals surface area contributed by atoms with Gasteiger partial charge < -0.3 is 9.80 Å². The van der Waals surface area contributed by atoms with Gasteiger partial charge in [0.1, 0.15) is 0 Å². The van der Waals surface area contributed by atoms with Gasteiger partial charge in [0.25, 0.3) is 5.91 Å². The lowest BCUT2D eigenvalue weighted by molar-refractivity contribution is 0.0781. The molecular weight excluding hydrogens is 422 g/mol. The molecule has 2 aromatic rings. The van der Waals surface area contributed by atoms with Crippen molar-refractivity contribution in [1.82, 2.24) is 9.21 Å². The monoisotopic (exact) mass is 455 g/mol. The zero-order valence-corrected chi connectivity index (χ0v) is 19.7. The summed E-state index contributed by atoms with van der Waals surface area (Å²) in [6, 6.07) is 14.9. The average Bonchev–Trinajstić information content (AvgIpc) is 2.85. The minimum atomic E-state index is -3.68. The number of carbonyl (C=O) groups is 1. The number of hydrogen-bond donors (Lipinski definition) is 0. The van der Waals surface area contributed by atoms with E-state index in [9.17, 15) is 13.2 Å². The second-order valence-corrected chi connectivity index (χ2v) is 10.7. The van der Waals surface area contributed by atoms with Gasteiger partial charge in [-0.05, 0) is 61.9 Å². The predicted octanol–water partition coefficient (Wildman–Crippen LogP) is 4.12. The van der Waals surface area contributed by atoms with Crippen LogP contribution in [0.15, 0.2) is 53.4 Å². The summed E-state index contributed by atoms with van der Waals surface area (Å²) in [7, 11) is -1.95. The van der Waals surface area contributed by atoms with E-state index in [2.05, 4.69) is 29.2 Å². The van der Waals surface area contributed by atoms with E-state index in [1.807, 2.05) is 0 Å². The van der Waals surface area contributed by atoms with Crippen molar-refractivity contribution in [3.05, 3.63) is 59.7 Å². The smallest absolute Gasteiger partial charge is 0.255 e. The molecule has 32 heavy (non-hydrogen) atoms. The fourth-order valence-corrected chi connectivity index (χ4v) is 6.33. The standard InChI is InChI=1S/C25H33N3O3S/c1-26(20-21-12-14-22(15-13-21)27-16-6-2-7-17-27)25(29)23-10-4-5-11-24(23)32(30,31)28-18-8-3-9-19-28/h4-5,10-15H,2-3,6-9,16-20H2,1H3. The van der Waals surface area contributed by atoms with Gasteiger partial charge in [0.05, 0.1) is 10.5 Å². The number of benzene rings is 2. The summed E-state index contributed by atoms with van der Waals surface area (Å²) in [6.45, 7) is 3.66. The van der Waals surface area contributed by atoms with E-state index >= 15 is 0 Å². The molecule has 2 saturated heterocycles. The molecule has 4 rings (SSSR count). The van der Waals surface area contributed by atoms with Crippen LogP contribution in [0.5, 0.6) is 0 Å². The minimum absolute atomic E-state index is 0.110. The van der Waals surface area contributed by atoms with Gasteiger partial charge in [0.15, 0.2) is 0 Å². The average molecular weight is 456 g/mol. The molecule has 0 spiro atoms. The van der Waals surface area contributed by atoms with Crippen molar-refractivity contribution in [2.75, 3.05) is 38.1 Å². The molecule has 2 aliphatic heterocycles. The lowest BCUT2D eigenvalue weighted by Gasteiger charge is -2.29. The van der Waals surface area contributed by atoms with Gasteiger partial charge in [-0.1, -0.05) is 30.7 Å². The van der Waals surface area contributed by atoms with Crippen LogP contribution in [0.2, 0.25) is 0 Å². The Morgan fingerprint density at radius 2 is 1.44 bits per heavy atom. The lowest BCUT2D eigenvalue weighted by Crippen LogP contribution is -2.37. The highest BCUT2D eigenvalue weighted by Crippen LogP contribution is 2.25. The van der Waals surface area contributed by atoms with E-state index in [0.29, 0.717) is 19.6 Å². The zero-order chi connectivity index (χ0) is 22.6. The normalized spacial score (nSPS) is 17.8. The molecule has 2 aromatic carbocycles. The summed E-state index contributed by atoms with van der Waals surface area (Å²) >= 11 is 0. The Hall–Kier alpha value is -2.38. The van der Waals surface area contributed by atoms with Crippen LogP contribution in [0, 0.1) is 0 Å². The fraction of sp³-hybridized carbons (Fsp3) is 0.480. The number of carbonyl (C=O) groups excluding carboxylic acids is 1. The summed E-state index contributed by atoms with van der Waals surface area (Å²) in [4.78, 5) is 17.4. The molecule has 2 aliphatic rings. The third kappa shape index (κ3) is 4.99. The number of hydrogen-bond acceptors (Lipinski definition) is 4. The van der Waals surface area contributed by atoms with E-state index in [1.54, 1.807) is 36.2 Å². The molecule has 6 nitrogen and oxygen atoms in total. The Kier molecular flexibility index (Phi) is 7.16. The van der Waals surface area contributed by atoms with Crippen molar-refractivity contribution in [3.63, 3.8) is 0 Å². The Morgan fingerprint density at radius 1 is 0.844 bits per heavy atom. The SMILES string of the molecule is CN(Cc1ccc(N2CCCCC2)cc1)C(=O)c1ccccc1S(=O)(=O)N1CCCCC1. The molecule has 0 atom stereocenters. The Morgan fingerprint density at radius 3 is 2.09 bits per heavy atom. The van der Waals surface area contributed by atoms with Gasteiger partial charge in [0.2, 0.25) is 10.0 Å². The summed E-state index contributed by atoms with van der Waals surface area (Å²) in [5.74, 6) is -0.277. The van der Waals surface area contributed by atoms with Crippen molar-refractivity contribution in [3.8, 4) is 0 Å². The lowest BCUT2D eigenvalue weighted by atomic mass is 10.1. The molecule has 172 valence electrons. The number of nitrogens with zero attached hydrogens (tertiary/aromatic N) is 3. The van der Waals surface area contributed by atoms with Gasteiger partial charge >= 0.3 is 0 Å². The van der Waals surface area contributed by atoms with Crippen molar-refractivity contribution < 1.29 is 13.2 Å². The van der Waals surface area contributed by atoms with E-state index < -0.39 is 10.0 Å². The molecule has 2 heterocycles. The predicted molar refractivity (Wildman–Crippen MR) is 127 cm³/mol. The molecule has 0 aromatic heterocycles. The molecule has 0 N–H and O–H groups in total. The molecule has 0 bridgehead atoms. The summed E-state index contributed by atoms with van der Waals surface area (Å²) < 4.78 is 28.0. The van der Waals surface area contributed by atoms with Gasteiger partial charge in [-0.2, -0.15) is 4.31 Å². The van der Waals surface area contributed by atoms with Gasteiger partial charge in [-0.3, -0.25) is 4.79 Å². The molecule has 0 unspecified atom stereocenters. The maximum atomic E-state index is 13.2. The van der Waals surface area contributed by atoms with Gasteiger partial charge in [-0.25, -0.2) is 8.42 Å². The first-order valence-electron chi connectivity index (χ1n) is 11.7. The number of anilines is 1. The van der Waals surface area contributed by atoms with Crippen LogP contribution in [0.4, 0.5) is 5.69 Å². The zero-order valence-electron chi connectivity index (χ0n) is 18.9. The number of piperidine rings is 2. The van der Waals surface area contributed by atoms with Crippen molar-refractivity contribution >= 4 is 21.6 Å². The summed E-state index contributed by atoms with van der Waals surface area (Å²) in [5.41, 5.74) is 2.49. The largest absolute Gasteiger partial charge is 0.372 e. The Balaban J connectivity index is 1.48. The van der Waals surface area contributed by atoms with Crippen LogP contribution in [-0.2, 0) is 16.6 Å². The number of sulfonamides is 1. The second-order valence-electron chi connectivity index (χ2n) is 8.84. The maximum Gasteiger partial charge on any atom is 0.255 e. The van der Waals surface area contributed by atoms with E-state index in [-0.39, 0.29) is 16.4 Å². The Bertz CT molecular complexity index is 1020. The molecule has 0 radical (unpaired) electrons. The highest BCUT2D eigenvalue weighted by atomic mass is 32.2.